The van der Waals surface area contributed by atoms with E-state index in [0.29, 0.717) is 36.0 Å². The normalized spacial score (nSPS) is 17.6. The highest BCUT2D eigenvalue weighted by molar-refractivity contribution is 6.01. The van der Waals surface area contributed by atoms with Gasteiger partial charge in [-0.05, 0) is 51.5 Å². The largest absolute Gasteiger partial charge is 0.485 e. The first-order valence-corrected chi connectivity index (χ1v) is 13.6. The van der Waals surface area contributed by atoms with Gasteiger partial charge in [-0.25, -0.2) is 9.97 Å². The Hall–Kier alpha value is -4.67. The molecular weight excluding hydrogens is 526 g/mol. The molecule has 5 heterocycles. The molecule has 2 amide bonds. The fourth-order valence-electron chi connectivity index (χ4n) is 5.53. The summed E-state index contributed by atoms with van der Waals surface area (Å²) < 4.78 is 17.2. The second kappa shape index (κ2) is 10.1. The van der Waals surface area contributed by atoms with Crippen LogP contribution in [0, 0.1) is 0 Å². The second-order valence-electron chi connectivity index (χ2n) is 10.8. The van der Waals surface area contributed by atoms with Crippen LogP contribution < -0.4 is 24.6 Å². The zero-order chi connectivity index (χ0) is 28.9. The molecule has 1 unspecified atom stereocenters. The number of carbonyl (C=O) groups is 3. The summed E-state index contributed by atoms with van der Waals surface area (Å²) in [4.78, 5) is 49.4. The van der Waals surface area contributed by atoms with Gasteiger partial charge in [0.1, 0.15) is 30.0 Å². The van der Waals surface area contributed by atoms with Gasteiger partial charge in [-0.1, -0.05) is 0 Å². The molecular formula is C30H31N5O6. The molecule has 1 aromatic carbocycles. The molecule has 6 rings (SSSR count). The number of benzene rings is 1. The smallest absolute Gasteiger partial charge is 0.303 e. The van der Waals surface area contributed by atoms with Gasteiger partial charge in [0.15, 0.2) is 5.60 Å². The van der Waals surface area contributed by atoms with Gasteiger partial charge in [0.05, 0.1) is 18.4 Å². The molecule has 3 aliphatic rings. The molecule has 0 saturated carbocycles. The van der Waals surface area contributed by atoms with Crippen LogP contribution in [-0.4, -0.2) is 53.0 Å². The Balaban J connectivity index is 1.26. The van der Waals surface area contributed by atoms with Crippen molar-refractivity contribution in [1.82, 2.24) is 9.97 Å². The number of aromatic nitrogens is 2. The molecule has 11 nitrogen and oxygen atoms in total. The van der Waals surface area contributed by atoms with Gasteiger partial charge in [-0.2, -0.15) is 0 Å². The lowest BCUT2D eigenvalue weighted by molar-refractivity contribution is -0.161. The lowest BCUT2D eigenvalue weighted by Crippen LogP contribution is -2.50. The topological polar surface area (TPSA) is 123 Å². The Morgan fingerprint density at radius 1 is 1.10 bits per heavy atom. The Morgan fingerprint density at radius 2 is 1.93 bits per heavy atom. The van der Waals surface area contributed by atoms with Crippen molar-refractivity contribution in [3.63, 3.8) is 0 Å². The SMILES string of the molecule is CC(=O)OC(C)(C)C(=O)N1CCOc2ncc(Nc3cc4c(cn3)-c3ccc(N5CCCC5=O)cc3OC4C)cc21. The van der Waals surface area contributed by atoms with E-state index in [9.17, 15) is 14.4 Å². The summed E-state index contributed by atoms with van der Waals surface area (Å²) in [7, 11) is 0. The number of hydrogen-bond donors (Lipinski definition) is 1. The molecule has 1 N–H and O–H groups in total. The third-order valence-corrected chi connectivity index (χ3v) is 7.43. The van der Waals surface area contributed by atoms with E-state index in [1.54, 1.807) is 31.0 Å². The van der Waals surface area contributed by atoms with Crippen molar-refractivity contribution in [1.29, 1.82) is 0 Å². The molecule has 3 aromatic rings. The molecule has 3 aliphatic heterocycles. The lowest BCUT2D eigenvalue weighted by atomic mass is 9.94. The summed E-state index contributed by atoms with van der Waals surface area (Å²) >= 11 is 0. The van der Waals surface area contributed by atoms with E-state index in [0.717, 1.165) is 41.1 Å². The Kier molecular flexibility index (Phi) is 6.51. The Labute approximate surface area is 237 Å². The van der Waals surface area contributed by atoms with Crippen molar-refractivity contribution in [2.24, 2.45) is 0 Å². The van der Waals surface area contributed by atoms with Crippen LogP contribution in [0.1, 0.15) is 52.2 Å². The zero-order valence-electron chi connectivity index (χ0n) is 23.4. The highest BCUT2D eigenvalue weighted by Gasteiger charge is 2.38. The average molecular weight is 558 g/mol. The van der Waals surface area contributed by atoms with E-state index in [-0.39, 0.29) is 24.5 Å². The fraction of sp³-hybridized carbons (Fsp3) is 0.367. The average Bonchev–Trinajstić information content (AvgIpc) is 3.37. The second-order valence-corrected chi connectivity index (χ2v) is 10.8. The number of ether oxygens (including phenoxy) is 3. The van der Waals surface area contributed by atoms with Gasteiger partial charge in [-0.15, -0.1) is 0 Å². The van der Waals surface area contributed by atoms with Crippen LogP contribution in [0.3, 0.4) is 0 Å². The summed E-state index contributed by atoms with van der Waals surface area (Å²) in [5.74, 6) is 0.858. The summed E-state index contributed by atoms with van der Waals surface area (Å²) in [5.41, 5.74) is 3.43. The van der Waals surface area contributed by atoms with Gasteiger partial charge in [0, 0.05) is 54.5 Å². The first-order chi connectivity index (χ1) is 19.6. The molecule has 0 spiro atoms. The standard InChI is InChI=1S/C30H31N5O6/c1-17-22-14-26(31-16-23(22)21-8-7-20(13-25(21)40-17)34-9-5-6-27(34)37)33-19-12-24-28(32-15-19)39-11-10-35(24)29(38)30(3,4)41-18(2)36/h7-8,12-17H,5-6,9-11H2,1-4H3,(H,31,33). The molecule has 1 atom stereocenters. The number of fused-ring (bicyclic) bond motifs is 4. The van der Waals surface area contributed by atoms with Crippen LogP contribution in [0.2, 0.25) is 0 Å². The first-order valence-electron chi connectivity index (χ1n) is 13.6. The van der Waals surface area contributed by atoms with E-state index in [4.69, 9.17) is 14.2 Å². The minimum atomic E-state index is -1.35. The third-order valence-electron chi connectivity index (χ3n) is 7.43. The number of nitrogens with one attached hydrogen (secondary N) is 1. The van der Waals surface area contributed by atoms with Gasteiger partial charge >= 0.3 is 5.97 Å². The molecule has 0 bridgehead atoms. The number of rotatable bonds is 5. The number of amides is 2. The maximum Gasteiger partial charge on any atom is 0.303 e. The van der Waals surface area contributed by atoms with E-state index in [1.165, 1.54) is 11.8 Å². The predicted molar refractivity (Wildman–Crippen MR) is 152 cm³/mol. The third kappa shape index (κ3) is 4.92. The van der Waals surface area contributed by atoms with E-state index in [2.05, 4.69) is 15.3 Å². The minimum absolute atomic E-state index is 0.135. The summed E-state index contributed by atoms with van der Waals surface area (Å²) in [5, 5.41) is 3.28. The van der Waals surface area contributed by atoms with E-state index >= 15 is 0 Å². The van der Waals surface area contributed by atoms with Crippen molar-refractivity contribution < 1.29 is 28.6 Å². The molecule has 11 heteroatoms. The quantitative estimate of drug-likeness (QED) is 0.451. The molecule has 1 fully saturated rings. The van der Waals surface area contributed by atoms with Crippen LogP contribution in [0.25, 0.3) is 11.1 Å². The number of pyridine rings is 2. The number of carbonyl (C=O) groups excluding carboxylic acids is 3. The molecule has 41 heavy (non-hydrogen) atoms. The van der Waals surface area contributed by atoms with E-state index < -0.39 is 11.6 Å². The highest BCUT2D eigenvalue weighted by atomic mass is 16.6. The van der Waals surface area contributed by atoms with Gasteiger partial charge in [0.25, 0.3) is 5.91 Å². The number of anilines is 4. The maximum absolute atomic E-state index is 13.3. The van der Waals surface area contributed by atoms with Crippen molar-refractivity contribution in [2.45, 2.75) is 52.2 Å². The fourth-order valence-corrected chi connectivity index (χ4v) is 5.53. The highest BCUT2D eigenvalue weighted by Crippen LogP contribution is 2.45. The lowest BCUT2D eigenvalue weighted by Gasteiger charge is -2.34. The van der Waals surface area contributed by atoms with Crippen molar-refractivity contribution >= 4 is 40.7 Å². The monoisotopic (exact) mass is 557 g/mol. The summed E-state index contributed by atoms with van der Waals surface area (Å²) in [6.45, 7) is 7.66. The number of nitrogens with zero attached hydrogens (tertiary/aromatic N) is 4. The van der Waals surface area contributed by atoms with Crippen LogP contribution in [0.15, 0.2) is 42.7 Å². The van der Waals surface area contributed by atoms with Crippen molar-refractivity contribution in [2.75, 3.05) is 34.8 Å². The van der Waals surface area contributed by atoms with Gasteiger partial charge in [-0.3, -0.25) is 14.4 Å². The van der Waals surface area contributed by atoms with Crippen LogP contribution in [0.5, 0.6) is 11.6 Å². The van der Waals surface area contributed by atoms with Crippen LogP contribution >= 0.6 is 0 Å². The Morgan fingerprint density at radius 3 is 2.68 bits per heavy atom. The molecule has 1 saturated heterocycles. The maximum atomic E-state index is 13.3. The molecule has 0 radical (unpaired) electrons. The number of hydrogen-bond acceptors (Lipinski definition) is 9. The van der Waals surface area contributed by atoms with Crippen molar-refractivity contribution in [3.8, 4) is 22.8 Å². The molecule has 2 aromatic heterocycles. The summed E-state index contributed by atoms with van der Waals surface area (Å²) in [6.07, 6.45) is 4.62. The Bertz CT molecular complexity index is 1570. The van der Waals surface area contributed by atoms with Crippen molar-refractivity contribution in [3.05, 3.63) is 48.3 Å². The number of esters is 1. The van der Waals surface area contributed by atoms with E-state index in [1.807, 2.05) is 37.4 Å². The van der Waals surface area contributed by atoms with Crippen LogP contribution in [-0.2, 0) is 19.1 Å². The van der Waals surface area contributed by atoms with Crippen LogP contribution in [0.4, 0.5) is 22.9 Å². The molecule has 212 valence electrons. The minimum Gasteiger partial charge on any atom is -0.485 e. The first kappa shape index (κ1) is 26.5. The summed E-state index contributed by atoms with van der Waals surface area (Å²) in [6, 6.07) is 9.56. The van der Waals surface area contributed by atoms with Gasteiger partial charge < -0.3 is 29.3 Å². The van der Waals surface area contributed by atoms with Gasteiger partial charge in [0.2, 0.25) is 11.8 Å². The zero-order valence-corrected chi connectivity index (χ0v) is 23.4. The predicted octanol–water partition coefficient (Wildman–Crippen LogP) is 4.53. The molecule has 0 aliphatic carbocycles.